The number of hydrogen-bond donors (Lipinski definition) is 2. The third-order valence-electron chi connectivity index (χ3n) is 5.04. The molecule has 10 heteroatoms. The van der Waals surface area contributed by atoms with Crippen molar-refractivity contribution in [3.05, 3.63) is 33.0 Å². The molecule has 4 rings (SSSR count). The second-order valence-corrected chi connectivity index (χ2v) is 8.33. The SMILES string of the molecule is O=C(Cn1nc(OC2CC2)c2cc(Br)ccc2c1=O)N[C@@H]1CCCN(C(=O)O)C1. The molecule has 2 fully saturated rings. The fraction of sp³-hybridized carbons (Fsp3) is 0.474. The Kier molecular flexibility index (Phi) is 5.44. The Bertz CT molecular complexity index is 1020. The lowest BCUT2D eigenvalue weighted by molar-refractivity contribution is -0.123. The number of hydrogen-bond acceptors (Lipinski definition) is 5. The van der Waals surface area contributed by atoms with Gasteiger partial charge >= 0.3 is 6.09 Å². The Morgan fingerprint density at radius 2 is 2.07 bits per heavy atom. The molecule has 9 nitrogen and oxygen atoms in total. The Hall–Kier alpha value is -2.62. The average Bonchev–Trinajstić information content (AvgIpc) is 3.49. The summed E-state index contributed by atoms with van der Waals surface area (Å²) in [5.41, 5.74) is -0.374. The number of benzene rings is 1. The van der Waals surface area contributed by atoms with Crippen LogP contribution in [0.2, 0.25) is 0 Å². The quantitative estimate of drug-likeness (QED) is 0.698. The van der Waals surface area contributed by atoms with Gasteiger partial charge in [0.2, 0.25) is 11.8 Å². The normalized spacial score (nSPS) is 19.2. The lowest BCUT2D eigenvalue weighted by Crippen LogP contribution is -2.50. The number of carbonyl (C=O) groups excluding carboxylic acids is 1. The summed E-state index contributed by atoms with van der Waals surface area (Å²) < 4.78 is 7.79. The van der Waals surface area contributed by atoms with Crippen LogP contribution in [0.15, 0.2) is 27.5 Å². The molecule has 1 aliphatic carbocycles. The molecule has 0 radical (unpaired) electrons. The minimum Gasteiger partial charge on any atom is -0.473 e. The first-order valence-corrected chi connectivity index (χ1v) is 10.3. The van der Waals surface area contributed by atoms with E-state index in [4.69, 9.17) is 9.84 Å². The molecule has 1 aromatic carbocycles. The molecule has 0 bridgehead atoms. The van der Waals surface area contributed by atoms with Gasteiger partial charge in [-0.2, -0.15) is 0 Å². The number of ether oxygens (including phenoxy) is 1. The van der Waals surface area contributed by atoms with Crippen molar-refractivity contribution >= 4 is 38.7 Å². The standard InChI is InChI=1S/C19H21BrN4O5/c20-11-3-6-14-15(8-11)17(29-13-4-5-13)22-24(18(14)26)10-16(25)21-12-2-1-7-23(9-12)19(27)28/h3,6,8,12-13H,1-2,4-5,7,9-10H2,(H,21,25)(H,27,28)/t12-/m1/s1. The molecule has 1 saturated heterocycles. The predicted molar refractivity (Wildman–Crippen MR) is 108 cm³/mol. The van der Waals surface area contributed by atoms with Crippen molar-refractivity contribution in [2.75, 3.05) is 13.1 Å². The number of nitrogens with one attached hydrogen (secondary N) is 1. The van der Waals surface area contributed by atoms with Crippen LogP contribution in [0, 0.1) is 0 Å². The Labute approximate surface area is 174 Å². The van der Waals surface area contributed by atoms with Crippen LogP contribution in [0.4, 0.5) is 4.79 Å². The Balaban J connectivity index is 1.54. The van der Waals surface area contributed by atoms with Crippen LogP contribution in [0.3, 0.4) is 0 Å². The van der Waals surface area contributed by atoms with Gasteiger partial charge in [-0.25, -0.2) is 9.48 Å². The zero-order valence-electron chi connectivity index (χ0n) is 15.6. The van der Waals surface area contributed by atoms with Crippen LogP contribution in [-0.4, -0.2) is 57.0 Å². The molecule has 29 heavy (non-hydrogen) atoms. The van der Waals surface area contributed by atoms with Crippen molar-refractivity contribution in [1.29, 1.82) is 0 Å². The summed E-state index contributed by atoms with van der Waals surface area (Å²) in [7, 11) is 0. The largest absolute Gasteiger partial charge is 0.473 e. The van der Waals surface area contributed by atoms with Gasteiger partial charge < -0.3 is 20.1 Å². The number of aromatic nitrogens is 2. The molecule has 154 valence electrons. The van der Waals surface area contributed by atoms with Gasteiger partial charge in [0.15, 0.2) is 0 Å². The number of amides is 2. The molecule has 2 amide bonds. The zero-order valence-corrected chi connectivity index (χ0v) is 17.2. The first-order valence-electron chi connectivity index (χ1n) is 9.55. The predicted octanol–water partition coefficient (Wildman–Crippen LogP) is 1.96. The molecule has 2 N–H and O–H groups in total. The molecule has 2 heterocycles. The van der Waals surface area contributed by atoms with Crippen molar-refractivity contribution in [1.82, 2.24) is 20.0 Å². The minimum absolute atomic E-state index is 0.0914. The fourth-order valence-electron chi connectivity index (χ4n) is 3.44. The van der Waals surface area contributed by atoms with Gasteiger partial charge in [0.25, 0.3) is 5.56 Å². The lowest BCUT2D eigenvalue weighted by Gasteiger charge is -2.31. The number of fused-ring (bicyclic) bond motifs is 1. The molecular formula is C19H21BrN4O5. The topological polar surface area (TPSA) is 114 Å². The van der Waals surface area contributed by atoms with E-state index >= 15 is 0 Å². The highest BCUT2D eigenvalue weighted by molar-refractivity contribution is 9.10. The number of halogens is 1. The van der Waals surface area contributed by atoms with Gasteiger partial charge in [0, 0.05) is 23.6 Å². The molecule has 1 aliphatic heterocycles. The van der Waals surface area contributed by atoms with Crippen molar-refractivity contribution in [2.45, 2.75) is 44.4 Å². The van der Waals surface area contributed by atoms with E-state index in [2.05, 4.69) is 26.3 Å². The maximum Gasteiger partial charge on any atom is 0.407 e. The van der Waals surface area contributed by atoms with Crippen LogP contribution in [0.25, 0.3) is 10.8 Å². The van der Waals surface area contributed by atoms with Crippen molar-refractivity contribution in [3.8, 4) is 5.88 Å². The summed E-state index contributed by atoms with van der Waals surface area (Å²) >= 11 is 3.40. The average molecular weight is 465 g/mol. The van der Waals surface area contributed by atoms with Gasteiger partial charge in [0.05, 0.1) is 10.8 Å². The summed E-state index contributed by atoms with van der Waals surface area (Å²) in [6.45, 7) is 0.450. The van der Waals surface area contributed by atoms with Crippen LogP contribution in [-0.2, 0) is 11.3 Å². The van der Waals surface area contributed by atoms with E-state index in [1.807, 2.05) is 0 Å². The van der Waals surface area contributed by atoms with Gasteiger partial charge in [-0.1, -0.05) is 15.9 Å². The van der Waals surface area contributed by atoms with E-state index < -0.39 is 6.09 Å². The maximum absolute atomic E-state index is 12.8. The highest BCUT2D eigenvalue weighted by atomic mass is 79.9. The van der Waals surface area contributed by atoms with Crippen LogP contribution < -0.4 is 15.6 Å². The molecular weight excluding hydrogens is 444 g/mol. The number of nitrogens with zero attached hydrogens (tertiary/aromatic N) is 3. The lowest BCUT2D eigenvalue weighted by atomic mass is 10.1. The van der Waals surface area contributed by atoms with E-state index in [9.17, 15) is 14.4 Å². The number of rotatable bonds is 5. The van der Waals surface area contributed by atoms with Crippen LogP contribution in [0.1, 0.15) is 25.7 Å². The van der Waals surface area contributed by atoms with Gasteiger partial charge in [-0.3, -0.25) is 9.59 Å². The number of likely N-dealkylation sites (tertiary alicyclic amines) is 1. The Morgan fingerprint density at radius 3 is 2.79 bits per heavy atom. The highest BCUT2D eigenvalue weighted by Crippen LogP contribution is 2.30. The molecule has 1 aromatic heterocycles. The second-order valence-electron chi connectivity index (χ2n) is 7.41. The van der Waals surface area contributed by atoms with E-state index in [1.54, 1.807) is 18.2 Å². The zero-order chi connectivity index (χ0) is 20.5. The van der Waals surface area contributed by atoms with E-state index in [0.717, 1.165) is 22.0 Å². The van der Waals surface area contributed by atoms with Crippen molar-refractivity contribution < 1.29 is 19.4 Å². The van der Waals surface area contributed by atoms with E-state index in [-0.39, 0.29) is 36.7 Å². The van der Waals surface area contributed by atoms with E-state index in [1.165, 1.54) is 4.90 Å². The van der Waals surface area contributed by atoms with E-state index in [0.29, 0.717) is 36.0 Å². The number of piperidine rings is 1. The molecule has 0 unspecified atom stereocenters. The summed E-state index contributed by atoms with van der Waals surface area (Å²) in [5, 5.41) is 17.3. The second kappa shape index (κ2) is 8.02. The number of carbonyl (C=O) groups is 2. The van der Waals surface area contributed by atoms with Crippen LogP contribution >= 0.6 is 15.9 Å². The summed E-state index contributed by atoms with van der Waals surface area (Å²) in [6, 6.07) is 4.96. The maximum atomic E-state index is 12.8. The third-order valence-corrected chi connectivity index (χ3v) is 5.53. The molecule has 2 aromatic rings. The minimum atomic E-state index is -0.996. The summed E-state index contributed by atoms with van der Waals surface area (Å²) in [4.78, 5) is 37.8. The van der Waals surface area contributed by atoms with Crippen molar-refractivity contribution in [3.63, 3.8) is 0 Å². The molecule has 1 atom stereocenters. The monoisotopic (exact) mass is 464 g/mol. The summed E-state index contributed by atoms with van der Waals surface area (Å²) in [5.74, 6) is -0.0448. The first-order chi connectivity index (χ1) is 13.9. The van der Waals surface area contributed by atoms with Crippen molar-refractivity contribution in [2.24, 2.45) is 0 Å². The van der Waals surface area contributed by atoms with Crippen LogP contribution in [0.5, 0.6) is 5.88 Å². The summed E-state index contributed by atoms with van der Waals surface area (Å²) in [6.07, 6.45) is 2.36. The van der Waals surface area contributed by atoms with Gasteiger partial charge in [0.1, 0.15) is 12.6 Å². The molecule has 2 aliphatic rings. The highest BCUT2D eigenvalue weighted by Gasteiger charge is 2.27. The van der Waals surface area contributed by atoms with Gasteiger partial charge in [-0.05, 0) is 43.9 Å². The Morgan fingerprint density at radius 1 is 1.28 bits per heavy atom. The molecule has 0 spiro atoms. The number of carboxylic acid groups (broad SMARTS) is 1. The van der Waals surface area contributed by atoms with Gasteiger partial charge in [-0.15, -0.1) is 5.10 Å². The molecule has 1 saturated carbocycles. The first kappa shape index (κ1) is 19.7. The smallest absolute Gasteiger partial charge is 0.407 e. The third kappa shape index (κ3) is 4.52. The fourth-order valence-corrected chi connectivity index (χ4v) is 3.80.